The summed E-state index contributed by atoms with van der Waals surface area (Å²) < 4.78 is 4.88. The third-order valence-corrected chi connectivity index (χ3v) is 7.96. The number of carbonyl (C=O) groups is 4. The summed E-state index contributed by atoms with van der Waals surface area (Å²) in [6.07, 6.45) is 6.02. The van der Waals surface area contributed by atoms with E-state index in [4.69, 9.17) is 4.74 Å². The molecule has 0 aromatic carbocycles. The monoisotopic (exact) mass is 534 g/mol. The van der Waals surface area contributed by atoms with Gasteiger partial charge in [0.2, 0.25) is 17.7 Å². The average Bonchev–Trinajstić information content (AvgIpc) is 3.37. The number of amides is 3. The standard InChI is InChI=1S/C29H50N4O5/c1-18(2)24(17-21(7)27(35)33-16-12-14-23(33)29(37)38-9)31(8)28(36)25(19(3)4)30-26(34)22-13-10-11-15-32(22)20(5)6/h17-20,22-25H,10-16H2,1-9H3,(H,30,34)/t22?,23-,24-,25+/m1/s1. The predicted octanol–water partition coefficient (Wildman–Crippen LogP) is 2.98. The van der Waals surface area contributed by atoms with Crippen molar-refractivity contribution >= 4 is 23.7 Å². The molecule has 2 fully saturated rings. The lowest BCUT2D eigenvalue weighted by molar-refractivity contribution is -0.149. The zero-order chi connectivity index (χ0) is 28.7. The second kappa shape index (κ2) is 14.1. The number of esters is 1. The van der Waals surface area contributed by atoms with Crippen LogP contribution in [0.4, 0.5) is 0 Å². The number of likely N-dealkylation sites (tertiary alicyclic amines) is 2. The van der Waals surface area contributed by atoms with Gasteiger partial charge in [0.05, 0.1) is 19.2 Å². The van der Waals surface area contributed by atoms with Crippen LogP contribution in [0.5, 0.6) is 0 Å². The number of likely N-dealkylation sites (N-methyl/N-ethyl adjacent to an activating group) is 1. The second-order valence-corrected chi connectivity index (χ2v) is 11.8. The minimum absolute atomic E-state index is 0.0278. The van der Waals surface area contributed by atoms with E-state index in [2.05, 4.69) is 24.1 Å². The summed E-state index contributed by atoms with van der Waals surface area (Å²) >= 11 is 0. The minimum Gasteiger partial charge on any atom is -0.467 e. The maximum Gasteiger partial charge on any atom is 0.328 e. The first-order valence-corrected chi connectivity index (χ1v) is 14.2. The highest BCUT2D eigenvalue weighted by Crippen LogP contribution is 2.24. The Bertz CT molecular complexity index is 884. The zero-order valence-corrected chi connectivity index (χ0v) is 25.0. The van der Waals surface area contributed by atoms with Crippen LogP contribution in [0.15, 0.2) is 11.6 Å². The van der Waals surface area contributed by atoms with Crippen molar-refractivity contribution in [2.45, 2.75) is 111 Å². The smallest absolute Gasteiger partial charge is 0.328 e. The Hall–Kier alpha value is -2.42. The van der Waals surface area contributed by atoms with Crippen molar-refractivity contribution in [1.29, 1.82) is 0 Å². The van der Waals surface area contributed by atoms with Crippen molar-refractivity contribution in [3.05, 3.63) is 11.6 Å². The molecule has 0 aromatic heterocycles. The molecule has 1 N–H and O–H groups in total. The number of hydrogen-bond acceptors (Lipinski definition) is 6. The normalized spacial score (nSPS) is 22.5. The van der Waals surface area contributed by atoms with Crippen LogP contribution in [-0.4, -0.2) is 95.8 Å². The molecule has 9 nitrogen and oxygen atoms in total. The fourth-order valence-corrected chi connectivity index (χ4v) is 5.68. The van der Waals surface area contributed by atoms with Crippen molar-refractivity contribution in [2.24, 2.45) is 11.8 Å². The molecule has 2 aliphatic rings. The summed E-state index contributed by atoms with van der Waals surface area (Å²) in [5.41, 5.74) is 0.485. The largest absolute Gasteiger partial charge is 0.467 e. The van der Waals surface area contributed by atoms with E-state index in [1.54, 1.807) is 23.8 Å². The van der Waals surface area contributed by atoms with Gasteiger partial charge in [0.15, 0.2) is 0 Å². The highest BCUT2D eigenvalue weighted by Gasteiger charge is 2.38. The topological polar surface area (TPSA) is 99.3 Å². The first kappa shape index (κ1) is 31.8. The van der Waals surface area contributed by atoms with Crippen LogP contribution in [0.2, 0.25) is 0 Å². The van der Waals surface area contributed by atoms with E-state index >= 15 is 0 Å². The van der Waals surface area contributed by atoms with E-state index in [-0.39, 0.29) is 47.7 Å². The molecule has 216 valence electrons. The molecule has 0 spiro atoms. The molecule has 0 aromatic rings. The number of ether oxygens (including phenoxy) is 1. The Morgan fingerprint density at radius 1 is 0.921 bits per heavy atom. The van der Waals surface area contributed by atoms with Crippen molar-refractivity contribution in [3.63, 3.8) is 0 Å². The van der Waals surface area contributed by atoms with Crippen LogP contribution in [0, 0.1) is 11.8 Å². The van der Waals surface area contributed by atoms with Crippen molar-refractivity contribution in [3.8, 4) is 0 Å². The minimum atomic E-state index is -0.670. The van der Waals surface area contributed by atoms with Gasteiger partial charge >= 0.3 is 5.97 Å². The lowest BCUT2D eigenvalue weighted by atomic mass is 9.95. The van der Waals surface area contributed by atoms with Gasteiger partial charge in [-0.25, -0.2) is 4.79 Å². The van der Waals surface area contributed by atoms with Crippen LogP contribution < -0.4 is 5.32 Å². The van der Waals surface area contributed by atoms with Gasteiger partial charge in [-0.2, -0.15) is 0 Å². The van der Waals surface area contributed by atoms with Crippen LogP contribution in [0.3, 0.4) is 0 Å². The Morgan fingerprint density at radius 2 is 1.55 bits per heavy atom. The molecule has 2 saturated heterocycles. The fraction of sp³-hybridized carbons (Fsp3) is 0.793. The molecule has 4 atom stereocenters. The summed E-state index contributed by atoms with van der Waals surface area (Å²) in [7, 11) is 3.07. The molecule has 2 rings (SSSR count). The molecule has 9 heteroatoms. The first-order chi connectivity index (χ1) is 17.8. The second-order valence-electron chi connectivity index (χ2n) is 11.8. The third-order valence-electron chi connectivity index (χ3n) is 7.96. The lowest BCUT2D eigenvalue weighted by Gasteiger charge is -2.39. The van der Waals surface area contributed by atoms with Crippen molar-refractivity contribution in [2.75, 3.05) is 27.2 Å². The summed E-state index contributed by atoms with van der Waals surface area (Å²) in [5.74, 6) is -0.964. The molecular formula is C29H50N4O5. The Kier molecular flexibility index (Phi) is 11.8. The Morgan fingerprint density at radius 3 is 2.11 bits per heavy atom. The molecule has 3 amide bonds. The Labute approximate surface area is 229 Å². The molecule has 38 heavy (non-hydrogen) atoms. The lowest BCUT2D eigenvalue weighted by Crippen LogP contribution is -2.58. The van der Waals surface area contributed by atoms with Crippen LogP contribution in [-0.2, 0) is 23.9 Å². The summed E-state index contributed by atoms with van der Waals surface area (Å²) in [4.78, 5) is 58.0. The molecule has 0 radical (unpaired) electrons. The molecule has 0 aliphatic carbocycles. The van der Waals surface area contributed by atoms with Gasteiger partial charge in [0.1, 0.15) is 12.1 Å². The van der Waals surface area contributed by atoms with Crippen LogP contribution >= 0.6 is 0 Å². The number of nitrogens with one attached hydrogen (secondary N) is 1. The van der Waals surface area contributed by atoms with E-state index in [9.17, 15) is 19.2 Å². The maximum atomic E-state index is 13.8. The number of carbonyl (C=O) groups excluding carboxylic acids is 4. The van der Waals surface area contributed by atoms with E-state index < -0.39 is 18.1 Å². The van der Waals surface area contributed by atoms with E-state index in [0.717, 1.165) is 32.2 Å². The maximum absolute atomic E-state index is 13.8. The molecule has 2 aliphatic heterocycles. The number of methoxy groups -OCH3 is 1. The van der Waals surface area contributed by atoms with Gasteiger partial charge in [-0.1, -0.05) is 40.2 Å². The Balaban J connectivity index is 2.21. The summed E-state index contributed by atoms with van der Waals surface area (Å²) in [5, 5.41) is 3.07. The summed E-state index contributed by atoms with van der Waals surface area (Å²) in [6, 6.07) is -1.57. The molecule has 2 heterocycles. The van der Waals surface area contributed by atoms with Gasteiger partial charge in [-0.15, -0.1) is 0 Å². The van der Waals surface area contributed by atoms with Crippen molar-refractivity contribution < 1.29 is 23.9 Å². The molecule has 1 unspecified atom stereocenters. The highest BCUT2D eigenvalue weighted by molar-refractivity contribution is 5.96. The number of nitrogens with zero attached hydrogens (tertiary/aromatic N) is 3. The third kappa shape index (κ3) is 7.58. The van der Waals surface area contributed by atoms with Gasteiger partial charge in [-0.05, 0) is 64.8 Å². The van der Waals surface area contributed by atoms with Crippen LogP contribution in [0.1, 0.15) is 80.6 Å². The van der Waals surface area contributed by atoms with Gasteiger partial charge in [0.25, 0.3) is 0 Å². The number of hydrogen-bond donors (Lipinski definition) is 1. The summed E-state index contributed by atoms with van der Waals surface area (Å²) in [6.45, 7) is 15.2. The molecule has 0 saturated carbocycles. The van der Waals surface area contributed by atoms with E-state index in [0.29, 0.717) is 18.5 Å². The zero-order valence-electron chi connectivity index (χ0n) is 25.0. The van der Waals surface area contributed by atoms with E-state index in [1.807, 2.05) is 33.8 Å². The highest BCUT2D eigenvalue weighted by atomic mass is 16.5. The number of piperidine rings is 1. The van der Waals surface area contributed by atoms with Crippen LogP contribution in [0.25, 0.3) is 0 Å². The first-order valence-electron chi connectivity index (χ1n) is 14.2. The quantitative estimate of drug-likeness (QED) is 0.342. The van der Waals surface area contributed by atoms with Crippen molar-refractivity contribution in [1.82, 2.24) is 20.0 Å². The molecule has 0 bridgehead atoms. The molecular weight excluding hydrogens is 484 g/mol. The van der Waals surface area contributed by atoms with E-state index in [1.165, 1.54) is 7.11 Å². The van der Waals surface area contributed by atoms with Gasteiger partial charge in [-0.3, -0.25) is 19.3 Å². The fourth-order valence-electron chi connectivity index (χ4n) is 5.68. The van der Waals surface area contributed by atoms with Gasteiger partial charge < -0.3 is 19.9 Å². The SMILES string of the molecule is COC(=O)[C@H]1CCCN1C(=O)C(C)=C[C@H](C(C)C)N(C)C(=O)[C@@H](NC(=O)C1CCCCN1C(C)C)C(C)C. The predicted molar refractivity (Wildman–Crippen MR) is 148 cm³/mol. The number of rotatable bonds is 10. The van der Waals surface area contributed by atoms with Gasteiger partial charge in [0, 0.05) is 25.2 Å². The average molecular weight is 535 g/mol.